The summed E-state index contributed by atoms with van der Waals surface area (Å²) in [4.78, 5) is 23.4. The lowest BCUT2D eigenvalue weighted by Gasteiger charge is -2.37. The van der Waals surface area contributed by atoms with E-state index in [2.05, 4.69) is 43.9 Å². The van der Waals surface area contributed by atoms with E-state index in [1.54, 1.807) is 0 Å². The molecule has 0 radical (unpaired) electrons. The van der Waals surface area contributed by atoms with Crippen LogP contribution in [-0.4, -0.2) is 45.7 Å². The van der Waals surface area contributed by atoms with Gasteiger partial charge in [-0.15, -0.1) is 0 Å². The fourth-order valence-corrected chi connectivity index (χ4v) is 2.84. The standard InChI is InChI=1S/C18H37NO5Si/c1-17(2,3)24-16(21)19-14(11-10-12-15(20)22-7)13-23-25(8,9)18(4,5)6/h14H,10-13H2,1-9H3,(H,19,21)/t14-/m0/s1. The van der Waals surface area contributed by atoms with Crippen molar-refractivity contribution in [2.75, 3.05) is 13.7 Å². The van der Waals surface area contributed by atoms with Gasteiger partial charge in [0.05, 0.1) is 19.8 Å². The first-order valence-electron chi connectivity index (χ1n) is 8.88. The summed E-state index contributed by atoms with van der Waals surface area (Å²) in [5, 5.41) is 2.97. The highest BCUT2D eigenvalue weighted by Gasteiger charge is 2.37. The molecular weight excluding hydrogens is 338 g/mol. The van der Waals surface area contributed by atoms with Crippen LogP contribution >= 0.6 is 0 Å². The SMILES string of the molecule is COC(=O)CCC[C@@H](CO[Si](C)(C)C(C)(C)C)NC(=O)OC(C)(C)C. The van der Waals surface area contributed by atoms with Crippen LogP contribution in [-0.2, 0) is 18.7 Å². The van der Waals surface area contributed by atoms with Crippen molar-refractivity contribution in [2.24, 2.45) is 0 Å². The molecule has 0 fully saturated rings. The van der Waals surface area contributed by atoms with Gasteiger partial charge in [0.2, 0.25) is 0 Å². The van der Waals surface area contributed by atoms with E-state index < -0.39 is 20.0 Å². The Balaban J connectivity index is 4.77. The third-order valence-corrected chi connectivity index (χ3v) is 8.83. The molecule has 0 aliphatic carbocycles. The third-order valence-electron chi connectivity index (χ3n) is 4.33. The Morgan fingerprint density at radius 1 is 1.08 bits per heavy atom. The highest BCUT2D eigenvalue weighted by atomic mass is 28.4. The van der Waals surface area contributed by atoms with Gasteiger partial charge in [0, 0.05) is 6.42 Å². The quantitative estimate of drug-likeness (QED) is 0.507. The summed E-state index contributed by atoms with van der Waals surface area (Å²) in [6, 6.07) is -0.200. The van der Waals surface area contributed by atoms with Crippen molar-refractivity contribution in [1.82, 2.24) is 5.32 Å². The molecule has 0 aromatic carbocycles. The van der Waals surface area contributed by atoms with Gasteiger partial charge in [0.25, 0.3) is 0 Å². The number of hydrogen-bond donors (Lipinski definition) is 1. The number of alkyl carbamates (subject to hydrolysis) is 1. The van der Waals surface area contributed by atoms with Crippen molar-refractivity contribution in [2.45, 2.75) is 90.6 Å². The lowest BCUT2D eigenvalue weighted by molar-refractivity contribution is -0.140. The van der Waals surface area contributed by atoms with E-state index in [9.17, 15) is 9.59 Å². The number of hydrogen-bond acceptors (Lipinski definition) is 5. The smallest absolute Gasteiger partial charge is 0.407 e. The number of methoxy groups -OCH3 is 1. The van der Waals surface area contributed by atoms with Crippen LogP contribution in [0.4, 0.5) is 4.79 Å². The zero-order valence-corrected chi connectivity index (χ0v) is 18.4. The fourth-order valence-electron chi connectivity index (χ4n) is 1.79. The number of carbonyl (C=O) groups excluding carboxylic acids is 2. The normalized spacial score (nSPS) is 14.0. The van der Waals surface area contributed by atoms with Gasteiger partial charge in [-0.1, -0.05) is 20.8 Å². The predicted molar refractivity (Wildman–Crippen MR) is 102 cm³/mol. The van der Waals surface area contributed by atoms with Crippen LogP contribution in [0.1, 0.15) is 60.8 Å². The summed E-state index contributed by atoms with van der Waals surface area (Å²) in [6.45, 7) is 16.8. The van der Waals surface area contributed by atoms with Crippen LogP contribution in [0.25, 0.3) is 0 Å². The Morgan fingerprint density at radius 2 is 1.64 bits per heavy atom. The number of esters is 1. The average Bonchev–Trinajstić information content (AvgIpc) is 2.41. The molecule has 0 saturated carbocycles. The molecule has 148 valence electrons. The lowest BCUT2D eigenvalue weighted by Crippen LogP contribution is -2.47. The van der Waals surface area contributed by atoms with Crippen LogP contribution < -0.4 is 5.32 Å². The molecule has 0 aliphatic heterocycles. The number of amides is 1. The second kappa shape index (κ2) is 9.57. The molecule has 0 rings (SSSR count). The molecular formula is C18H37NO5Si. The first kappa shape index (κ1) is 23.9. The maximum Gasteiger partial charge on any atom is 0.407 e. The molecule has 25 heavy (non-hydrogen) atoms. The maximum atomic E-state index is 12.1. The minimum Gasteiger partial charge on any atom is -0.469 e. The highest BCUT2D eigenvalue weighted by Crippen LogP contribution is 2.36. The minimum absolute atomic E-state index is 0.0927. The molecule has 7 heteroatoms. The van der Waals surface area contributed by atoms with Gasteiger partial charge in [0.1, 0.15) is 5.60 Å². The largest absolute Gasteiger partial charge is 0.469 e. The van der Waals surface area contributed by atoms with Gasteiger partial charge in [-0.3, -0.25) is 4.79 Å². The first-order chi connectivity index (χ1) is 11.2. The Kier molecular flexibility index (Phi) is 9.15. The van der Waals surface area contributed by atoms with Crippen molar-refractivity contribution in [1.29, 1.82) is 0 Å². The molecule has 0 aliphatic rings. The zero-order chi connectivity index (χ0) is 19.9. The molecule has 0 bridgehead atoms. The van der Waals surface area contributed by atoms with E-state index >= 15 is 0 Å². The van der Waals surface area contributed by atoms with Gasteiger partial charge in [-0.2, -0.15) is 0 Å². The van der Waals surface area contributed by atoms with Gasteiger partial charge in [-0.25, -0.2) is 4.79 Å². The second-order valence-corrected chi connectivity index (χ2v) is 13.7. The van der Waals surface area contributed by atoms with Crippen molar-refractivity contribution in [3.63, 3.8) is 0 Å². The molecule has 0 spiro atoms. The van der Waals surface area contributed by atoms with Gasteiger partial charge in [-0.05, 0) is 51.7 Å². The molecule has 0 heterocycles. The fraction of sp³-hybridized carbons (Fsp3) is 0.889. The van der Waals surface area contributed by atoms with Crippen LogP contribution in [0.2, 0.25) is 18.1 Å². The number of rotatable bonds is 8. The van der Waals surface area contributed by atoms with E-state index in [1.165, 1.54) is 7.11 Å². The van der Waals surface area contributed by atoms with Crippen LogP contribution in [0.15, 0.2) is 0 Å². The molecule has 0 unspecified atom stereocenters. The number of ether oxygens (including phenoxy) is 2. The van der Waals surface area contributed by atoms with E-state index in [0.29, 0.717) is 25.9 Å². The molecule has 1 amide bonds. The zero-order valence-electron chi connectivity index (χ0n) is 17.4. The number of nitrogens with one attached hydrogen (secondary N) is 1. The van der Waals surface area contributed by atoms with Crippen LogP contribution in [0.5, 0.6) is 0 Å². The molecule has 1 N–H and O–H groups in total. The summed E-state index contributed by atoms with van der Waals surface area (Å²) >= 11 is 0. The Bertz CT molecular complexity index is 438. The monoisotopic (exact) mass is 375 g/mol. The van der Waals surface area contributed by atoms with Crippen molar-refractivity contribution in [3.05, 3.63) is 0 Å². The maximum absolute atomic E-state index is 12.1. The molecule has 1 atom stereocenters. The van der Waals surface area contributed by atoms with Crippen LogP contribution in [0.3, 0.4) is 0 Å². The van der Waals surface area contributed by atoms with E-state index in [4.69, 9.17) is 9.16 Å². The Hall–Kier alpha value is -1.08. The highest BCUT2D eigenvalue weighted by molar-refractivity contribution is 6.74. The van der Waals surface area contributed by atoms with Crippen molar-refractivity contribution < 1.29 is 23.5 Å². The van der Waals surface area contributed by atoms with Gasteiger partial charge >= 0.3 is 12.1 Å². The molecule has 0 aromatic heterocycles. The Labute approximate surface area is 154 Å². The summed E-state index contributed by atoms with van der Waals surface area (Å²) in [5.74, 6) is -0.249. The topological polar surface area (TPSA) is 73.9 Å². The van der Waals surface area contributed by atoms with E-state index in [1.807, 2.05) is 20.8 Å². The number of carbonyl (C=O) groups is 2. The first-order valence-corrected chi connectivity index (χ1v) is 11.8. The Morgan fingerprint density at radius 3 is 2.08 bits per heavy atom. The second-order valence-electron chi connectivity index (χ2n) is 8.88. The van der Waals surface area contributed by atoms with Crippen molar-refractivity contribution >= 4 is 20.4 Å². The summed E-state index contributed by atoms with van der Waals surface area (Å²) in [5.41, 5.74) is -0.555. The van der Waals surface area contributed by atoms with Crippen molar-refractivity contribution in [3.8, 4) is 0 Å². The molecule has 0 saturated heterocycles. The molecule has 6 nitrogen and oxygen atoms in total. The van der Waals surface area contributed by atoms with Gasteiger partial charge in [0.15, 0.2) is 8.32 Å². The summed E-state index contributed by atoms with van der Waals surface area (Å²) in [7, 11) is -0.543. The average molecular weight is 376 g/mol. The summed E-state index contributed by atoms with van der Waals surface area (Å²) in [6.07, 6.45) is 1.11. The third kappa shape index (κ3) is 10.5. The van der Waals surface area contributed by atoms with E-state index in [0.717, 1.165) is 0 Å². The van der Waals surface area contributed by atoms with Gasteiger partial charge < -0.3 is 19.2 Å². The minimum atomic E-state index is -1.92. The predicted octanol–water partition coefficient (Wildman–Crippen LogP) is 4.24. The molecule has 0 aromatic rings. The van der Waals surface area contributed by atoms with Crippen LogP contribution in [0, 0.1) is 0 Å². The van der Waals surface area contributed by atoms with E-state index in [-0.39, 0.29) is 17.0 Å². The lowest BCUT2D eigenvalue weighted by atomic mass is 10.1. The summed E-state index contributed by atoms with van der Waals surface area (Å²) < 4.78 is 16.2.